The first-order chi connectivity index (χ1) is 9.17. The van der Waals surface area contributed by atoms with E-state index in [1.54, 1.807) is 7.11 Å². The summed E-state index contributed by atoms with van der Waals surface area (Å²) in [5.41, 5.74) is 0. The lowest BCUT2D eigenvalue weighted by Gasteiger charge is -2.33. The van der Waals surface area contributed by atoms with Crippen molar-refractivity contribution in [2.45, 2.75) is 63.6 Å². The zero-order chi connectivity index (χ0) is 13.8. The van der Waals surface area contributed by atoms with Crippen LogP contribution in [0.15, 0.2) is 0 Å². The van der Waals surface area contributed by atoms with Gasteiger partial charge in [-0.05, 0) is 25.7 Å². The standard InChI is InChI=1S/C14H24N2O3/c1-3-5-10-14(18)16(9-8-13(17)15-10)11-6-4-7-12(11)19-2/h10-12H,3-9H2,1-2H3,(H,15,17). The van der Waals surface area contributed by atoms with Crippen molar-refractivity contribution in [1.82, 2.24) is 10.2 Å². The Morgan fingerprint density at radius 1 is 1.37 bits per heavy atom. The molecule has 1 heterocycles. The van der Waals surface area contributed by atoms with E-state index in [0.29, 0.717) is 19.4 Å². The first kappa shape index (κ1) is 14.3. The van der Waals surface area contributed by atoms with Crippen molar-refractivity contribution < 1.29 is 14.3 Å². The Labute approximate surface area is 114 Å². The first-order valence-electron chi connectivity index (χ1n) is 7.30. The molecule has 2 fully saturated rings. The maximum absolute atomic E-state index is 12.6. The fourth-order valence-electron chi connectivity index (χ4n) is 3.21. The molecule has 0 aromatic carbocycles. The van der Waals surface area contributed by atoms with Crippen molar-refractivity contribution in [3.63, 3.8) is 0 Å². The van der Waals surface area contributed by atoms with Crippen LogP contribution >= 0.6 is 0 Å². The summed E-state index contributed by atoms with van der Waals surface area (Å²) >= 11 is 0. The Morgan fingerprint density at radius 2 is 2.16 bits per heavy atom. The zero-order valence-corrected chi connectivity index (χ0v) is 11.9. The molecule has 1 aliphatic carbocycles. The van der Waals surface area contributed by atoms with Crippen LogP contribution in [0.2, 0.25) is 0 Å². The molecule has 108 valence electrons. The normalized spacial score (nSPS) is 32.3. The van der Waals surface area contributed by atoms with E-state index < -0.39 is 0 Å². The fourth-order valence-corrected chi connectivity index (χ4v) is 3.21. The molecule has 1 aliphatic heterocycles. The Morgan fingerprint density at radius 3 is 2.84 bits per heavy atom. The molecule has 0 aromatic heterocycles. The van der Waals surface area contributed by atoms with Crippen molar-refractivity contribution in [2.24, 2.45) is 0 Å². The minimum absolute atomic E-state index is 0.0127. The molecule has 1 saturated heterocycles. The number of carbonyl (C=O) groups is 2. The summed E-state index contributed by atoms with van der Waals surface area (Å²) in [5, 5.41) is 2.84. The number of hydrogen-bond donors (Lipinski definition) is 1. The SMILES string of the molecule is CCCC1NC(=O)CCN(C2CCCC2OC)C1=O. The second-order valence-corrected chi connectivity index (χ2v) is 5.46. The highest BCUT2D eigenvalue weighted by atomic mass is 16.5. The van der Waals surface area contributed by atoms with Gasteiger partial charge in [0.2, 0.25) is 11.8 Å². The Kier molecular flexibility index (Phi) is 4.80. The average molecular weight is 268 g/mol. The van der Waals surface area contributed by atoms with E-state index in [4.69, 9.17) is 4.74 Å². The van der Waals surface area contributed by atoms with Crippen molar-refractivity contribution in [3.05, 3.63) is 0 Å². The maximum Gasteiger partial charge on any atom is 0.245 e. The number of hydrogen-bond acceptors (Lipinski definition) is 3. The van der Waals surface area contributed by atoms with Crippen LogP contribution in [0, 0.1) is 0 Å². The van der Waals surface area contributed by atoms with Crippen LogP contribution in [0.3, 0.4) is 0 Å². The zero-order valence-electron chi connectivity index (χ0n) is 11.9. The number of amides is 2. The predicted molar refractivity (Wildman–Crippen MR) is 71.6 cm³/mol. The molecule has 5 heteroatoms. The molecule has 0 aromatic rings. The third-order valence-electron chi connectivity index (χ3n) is 4.19. The summed E-state index contributed by atoms with van der Waals surface area (Å²) in [6.07, 6.45) is 5.21. The summed E-state index contributed by atoms with van der Waals surface area (Å²) in [5.74, 6) is 0.0583. The Bertz CT molecular complexity index is 346. The van der Waals surface area contributed by atoms with Gasteiger partial charge in [-0.3, -0.25) is 9.59 Å². The Hall–Kier alpha value is -1.10. The monoisotopic (exact) mass is 268 g/mol. The van der Waals surface area contributed by atoms with E-state index in [2.05, 4.69) is 5.32 Å². The van der Waals surface area contributed by atoms with Gasteiger partial charge < -0.3 is 15.0 Å². The third-order valence-corrected chi connectivity index (χ3v) is 4.19. The lowest BCUT2D eigenvalue weighted by molar-refractivity contribution is -0.137. The number of methoxy groups -OCH3 is 1. The quantitative estimate of drug-likeness (QED) is 0.829. The van der Waals surface area contributed by atoms with Gasteiger partial charge >= 0.3 is 0 Å². The van der Waals surface area contributed by atoms with Gasteiger partial charge in [-0.25, -0.2) is 0 Å². The Balaban J connectivity index is 2.13. The summed E-state index contributed by atoms with van der Waals surface area (Å²) in [7, 11) is 1.71. The molecule has 0 bridgehead atoms. The van der Waals surface area contributed by atoms with Gasteiger partial charge in [0, 0.05) is 20.1 Å². The maximum atomic E-state index is 12.6. The third kappa shape index (κ3) is 3.08. The van der Waals surface area contributed by atoms with Gasteiger partial charge in [0.15, 0.2) is 0 Å². The van der Waals surface area contributed by atoms with E-state index in [0.717, 1.165) is 25.7 Å². The molecule has 3 unspecified atom stereocenters. The first-order valence-corrected chi connectivity index (χ1v) is 7.30. The van der Waals surface area contributed by atoms with Crippen molar-refractivity contribution in [3.8, 4) is 0 Å². The van der Waals surface area contributed by atoms with Crippen LogP contribution in [-0.2, 0) is 14.3 Å². The van der Waals surface area contributed by atoms with E-state index in [1.807, 2.05) is 11.8 Å². The minimum atomic E-state index is -0.349. The van der Waals surface area contributed by atoms with Crippen LogP contribution in [0.1, 0.15) is 45.4 Å². The highest BCUT2D eigenvalue weighted by Gasteiger charge is 2.39. The van der Waals surface area contributed by atoms with Crippen LogP contribution in [0.5, 0.6) is 0 Å². The van der Waals surface area contributed by atoms with E-state index in [1.165, 1.54) is 0 Å². The number of ether oxygens (including phenoxy) is 1. The predicted octanol–water partition coefficient (Wildman–Crippen LogP) is 1.07. The van der Waals surface area contributed by atoms with Crippen LogP contribution in [0.25, 0.3) is 0 Å². The van der Waals surface area contributed by atoms with Gasteiger partial charge in [0.1, 0.15) is 6.04 Å². The summed E-state index contributed by atoms with van der Waals surface area (Å²) in [6, 6.07) is -0.206. The molecule has 1 N–H and O–H groups in total. The van der Waals surface area contributed by atoms with E-state index in [-0.39, 0.29) is 30.0 Å². The number of nitrogens with one attached hydrogen (secondary N) is 1. The highest BCUT2D eigenvalue weighted by Crippen LogP contribution is 2.28. The summed E-state index contributed by atoms with van der Waals surface area (Å²) in [4.78, 5) is 26.2. The largest absolute Gasteiger partial charge is 0.379 e. The second kappa shape index (κ2) is 6.37. The van der Waals surface area contributed by atoms with Gasteiger partial charge in [0.05, 0.1) is 12.1 Å². The highest BCUT2D eigenvalue weighted by molar-refractivity contribution is 5.90. The summed E-state index contributed by atoms with van der Waals surface area (Å²) in [6.45, 7) is 2.55. The molecule has 2 aliphatic rings. The topological polar surface area (TPSA) is 58.6 Å². The van der Waals surface area contributed by atoms with Crippen molar-refractivity contribution in [2.75, 3.05) is 13.7 Å². The van der Waals surface area contributed by atoms with E-state index in [9.17, 15) is 9.59 Å². The minimum Gasteiger partial charge on any atom is -0.379 e. The van der Waals surface area contributed by atoms with Crippen LogP contribution < -0.4 is 5.32 Å². The summed E-state index contributed by atoms with van der Waals surface area (Å²) < 4.78 is 5.49. The molecule has 3 atom stereocenters. The number of carbonyl (C=O) groups excluding carboxylic acids is 2. The second-order valence-electron chi connectivity index (χ2n) is 5.46. The van der Waals surface area contributed by atoms with Gasteiger partial charge in [0.25, 0.3) is 0 Å². The molecule has 0 radical (unpaired) electrons. The van der Waals surface area contributed by atoms with E-state index >= 15 is 0 Å². The van der Waals surface area contributed by atoms with Crippen LogP contribution in [-0.4, -0.2) is 48.6 Å². The number of nitrogens with zero attached hydrogens (tertiary/aromatic N) is 1. The lowest BCUT2D eigenvalue weighted by Crippen LogP contribution is -2.50. The molecule has 2 rings (SSSR count). The van der Waals surface area contributed by atoms with Crippen LogP contribution in [0.4, 0.5) is 0 Å². The van der Waals surface area contributed by atoms with Gasteiger partial charge in [-0.15, -0.1) is 0 Å². The molecule has 2 amide bonds. The fraction of sp³-hybridized carbons (Fsp3) is 0.857. The van der Waals surface area contributed by atoms with Crippen molar-refractivity contribution in [1.29, 1.82) is 0 Å². The molecular formula is C14H24N2O3. The smallest absolute Gasteiger partial charge is 0.245 e. The van der Waals surface area contributed by atoms with Crippen molar-refractivity contribution >= 4 is 11.8 Å². The lowest BCUT2D eigenvalue weighted by atomic mass is 10.1. The van der Waals surface area contributed by atoms with Gasteiger partial charge in [-0.2, -0.15) is 0 Å². The molecule has 5 nitrogen and oxygen atoms in total. The molecule has 1 saturated carbocycles. The molecule has 19 heavy (non-hydrogen) atoms. The number of rotatable bonds is 4. The average Bonchev–Trinajstić information content (AvgIpc) is 2.81. The van der Waals surface area contributed by atoms with Gasteiger partial charge in [-0.1, -0.05) is 13.3 Å². The molecular weight excluding hydrogens is 244 g/mol. The molecule has 0 spiro atoms.